The summed E-state index contributed by atoms with van der Waals surface area (Å²) in [5.41, 5.74) is 9.66. The highest BCUT2D eigenvalue weighted by molar-refractivity contribution is 7.99. The molecular weight excluding hydrogens is 418 g/mol. The highest BCUT2D eigenvalue weighted by Crippen LogP contribution is 2.28. The molecule has 1 aromatic heterocycles. The van der Waals surface area contributed by atoms with E-state index < -0.39 is 5.97 Å². The lowest BCUT2D eigenvalue weighted by Gasteiger charge is -2.09. The van der Waals surface area contributed by atoms with Crippen LogP contribution in [0.2, 0.25) is 5.02 Å². The van der Waals surface area contributed by atoms with Gasteiger partial charge >= 0.3 is 5.97 Å². The Balaban J connectivity index is 1.57. The van der Waals surface area contributed by atoms with Gasteiger partial charge in [-0.15, -0.1) is 17.7 Å². The first-order valence-electron chi connectivity index (χ1n) is 9.25. The van der Waals surface area contributed by atoms with Crippen LogP contribution in [0, 0.1) is 18.8 Å². The van der Waals surface area contributed by atoms with Crippen LogP contribution in [-0.2, 0) is 6.42 Å². The van der Waals surface area contributed by atoms with Crippen LogP contribution in [0.1, 0.15) is 28.0 Å². The third-order valence-electron chi connectivity index (χ3n) is 4.38. The quantitative estimate of drug-likeness (QED) is 0.411. The summed E-state index contributed by atoms with van der Waals surface area (Å²) in [6, 6.07) is 14.4. The van der Waals surface area contributed by atoms with Crippen LogP contribution in [0.15, 0.2) is 53.4 Å². The number of aromatic carboxylic acids is 1. The molecule has 7 heteroatoms. The summed E-state index contributed by atoms with van der Waals surface area (Å²) in [5, 5.41) is 9.60. The first-order chi connectivity index (χ1) is 14.4. The largest absolute Gasteiger partial charge is 0.478 e. The number of rotatable bonds is 6. The minimum absolute atomic E-state index is 0.232. The molecule has 0 fully saturated rings. The normalized spacial score (nSPS) is 10.3. The second kappa shape index (κ2) is 10.1. The van der Waals surface area contributed by atoms with Crippen molar-refractivity contribution in [3.63, 3.8) is 0 Å². The zero-order valence-corrected chi connectivity index (χ0v) is 17.9. The van der Waals surface area contributed by atoms with Crippen LogP contribution in [0.25, 0.3) is 11.3 Å². The summed E-state index contributed by atoms with van der Waals surface area (Å²) in [5.74, 6) is 6.21. The molecule has 3 N–H and O–H groups in total. The van der Waals surface area contributed by atoms with E-state index in [4.69, 9.17) is 22.4 Å². The first-order valence-corrected chi connectivity index (χ1v) is 10.6. The van der Waals surface area contributed by atoms with Crippen LogP contribution >= 0.6 is 23.4 Å². The van der Waals surface area contributed by atoms with E-state index in [-0.39, 0.29) is 11.5 Å². The Morgan fingerprint density at radius 1 is 1.17 bits per heavy atom. The number of aromatic nitrogens is 2. The van der Waals surface area contributed by atoms with Crippen molar-refractivity contribution in [1.29, 1.82) is 0 Å². The van der Waals surface area contributed by atoms with E-state index in [1.165, 1.54) is 0 Å². The number of nitrogens with two attached hydrogens (primary N) is 1. The number of benzene rings is 2. The monoisotopic (exact) mass is 437 g/mol. The smallest absolute Gasteiger partial charge is 0.335 e. The molecule has 1 heterocycles. The molecule has 0 saturated carbocycles. The molecule has 0 aliphatic rings. The molecule has 0 atom stereocenters. The second-order valence-electron chi connectivity index (χ2n) is 6.49. The summed E-state index contributed by atoms with van der Waals surface area (Å²) in [6.07, 6.45) is 1.33. The van der Waals surface area contributed by atoms with Crippen molar-refractivity contribution in [2.24, 2.45) is 0 Å². The van der Waals surface area contributed by atoms with Gasteiger partial charge in [0.15, 0.2) is 0 Å². The van der Waals surface area contributed by atoms with Crippen molar-refractivity contribution in [3.8, 4) is 23.1 Å². The third-order valence-corrected chi connectivity index (χ3v) is 5.69. The van der Waals surface area contributed by atoms with Gasteiger partial charge in [-0.05, 0) is 48.9 Å². The molecule has 0 spiro atoms. The number of hydrogen-bond acceptors (Lipinski definition) is 5. The standard InChI is InChI=1S/C23H20ClN3O2S/c1-15-19(7-5-8-20(15)24)21-14-17(26-23(25)27-21)6-3-2-4-13-30-18-11-9-16(10-12-18)22(28)29/h5,7-12,14H,3,6,13H2,1H3,(H,28,29)(H2,25,26,27). The van der Waals surface area contributed by atoms with Crippen molar-refractivity contribution < 1.29 is 9.90 Å². The Kier molecular flexibility index (Phi) is 7.34. The Bertz CT molecular complexity index is 1120. The molecule has 0 radical (unpaired) electrons. The Morgan fingerprint density at radius 3 is 2.67 bits per heavy atom. The molecule has 3 rings (SSSR count). The number of carboxylic acids is 1. The number of aryl methyl sites for hydroxylation is 1. The van der Waals surface area contributed by atoms with E-state index in [9.17, 15) is 4.79 Å². The lowest BCUT2D eigenvalue weighted by Crippen LogP contribution is -2.01. The number of thioether (sulfide) groups is 1. The molecule has 0 amide bonds. The molecule has 0 bridgehead atoms. The maximum absolute atomic E-state index is 10.9. The Labute approximate surface area is 184 Å². The molecule has 152 valence electrons. The zero-order chi connectivity index (χ0) is 21.5. The Hall–Kier alpha value is -3.01. The molecule has 0 unspecified atom stereocenters. The average molecular weight is 438 g/mol. The second-order valence-corrected chi connectivity index (χ2v) is 7.94. The molecular formula is C23H20ClN3O2S. The number of carbonyl (C=O) groups is 1. The molecule has 3 aromatic rings. The Morgan fingerprint density at radius 2 is 1.93 bits per heavy atom. The molecule has 0 aliphatic heterocycles. The summed E-state index contributed by atoms with van der Waals surface area (Å²) >= 11 is 7.79. The topological polar surface area (TPSA) is 89.1 Å². The maximum atomic E-state index is 10.9. The van der Waals surface area contributed by atoms with Crippen molar-refractivity contribution >= 4 is 35.3 Å². The van der Waals surface area contributed by atoms with Gasteiger partial charge in [-0.2, -0.15) is 0 Å². The molecule has 2 aromatic carbocycles. The molecule has 0 aliphatic carbocycles. The lowest BCUT2D eigenvalue weighted by molar-refractivity contribution is 0.0697. The van der Waals surface area contributed by atoms with Gasteiger partial charge in [0.1, 0.15) is 0 Å². The molecule has 0 saturated heterocycles. The van der Waals surface area contributed by atoms with E-state index in [0.717, 1.165) is 27.4 Å². The first kappa shape index (κ1) is 21.7. The van der Waals surface area contributed by atoms with E-state index in [2.05, 4.69) is 21.8 Å². The number of halogens is 1. The van der Waals surface area contributed by atoms with Gasteiger partial charge in [0.05, 0.1) is 17.0 Å². The zero-order valence-electron chi connectivity index (χ0n) is 16.4. The van der Waals surface area contributed by atoms with Crippen molar-refractivity contribution in [1.82, 2.24) is 9.97 Å². The highest BCUT2D eigenvalue weighted by Gasteiger charge is 2.09. The van der Waals surface area contributed by atoms with Crippen LogP contribution < -0.4 is 5.73 Å². The summed E-state index contributed by atoms with van der Waals surface area (Å²) in [6.45, 7) is 1.95. The maximum Gasteiger partial charge on any atom is 0.335 e. The van der Waals surface area contributed by atoms with E-state index in [0.29, 0.717) is 23.6 Å². The van der Waals surface area contributed by atoms with Gasteiger partial charge in [-0.3, -0.25) is 0 Å². The number of nitrogen functional groups attached to an aromatic ring is 1. The van der Waals surface area contributed by atoms with Gasteiger partial charge in [0, 0.05) is 34.0 Å². The minimum atomic E-state index is -0.926. The van der Waals surface area contributed by atoms with Gasteiger partial charge in [-0.1, -0.05) is 29.7 Å². The predicted octanol–water partition coefficient (Wildman–Crippen LogP) is 5.11. The van der Waals surface area contributed by atoms with Crippen molar-refractivity contribution in [2.45, 2.75) is 24.7 Å². The summed E-state index contributed by atoms with van der Waals surface area (Å²) in [4.78, 5) is 20.5. The van der Waals surface area contributed by atoms with Crippen LogP contribution in [0.3, 0.4) is 0 Å². The van der Waals surface area contributed by atoms with Gasteiger partial charge < -0.3 is 10.8 Å². The van der Waals surface area contributed by atoms with Crippen molar-refractivity contribution in [3.05, 3.63) is 70.4 Å². The van der Waals surface area contributed by atoms with Crippen LogP contribution in [0.5, 0.6) is 0 Å². The van der Waals surface area contributed by atoms with Crippen molar-refractivity contribution in [2.75, 3.05) is 11.5 Å². The highest BCUT2D eigenvalue weighted by atomic mass is 35.5. The fourth-order valence-corrected chi connectivity index (χ4v) is 3.66. The number of nitrogens with zero attached hydrogens (tertiary/aromatic N) is 2. The fourth-order valence-electron chi connectivity index (χ4n) is 2.81. The SMILES string of the molecule is Cc1c(Cl)cccc1-c1cc(CCC#CCSc2ccc(C(=O)O)cc2)nc(N)n1. The summed E-state index contributed by atoms with van der Waals surface area (Å²) < 4.78 is 0. The number of carboxylic acid groups (broad SMARTS) is 1. The molecule has 30 heavy (non-hydrogen) atoms. The van der Waals surface area contributed by atoms with Gasteiger partial charge in [0.2, 0.25) is 5.95 Å². The predicted molar refractivity (Wildman–Crippen MR) is 122 cm³/mol. The summed E-state index contributed by atoms with van der Waals surface area (Å²) in [7, 11) is 0. The third kappa shape index (κ3) is 5.76. The minimum Gasteiger partial charge on any atom is -0.478 e. The number of hydrogen-bond donors (Lipinski definition) is 2. The van der Waals surface area contributed by atoms with Crippen LogP contribution in [0.4, 0.5) is 5.95 Å². The number of anilines is 1. The van der Waals surface area contributed by atoms with E-state index in [1.54, 1.807) is 36.0 Å². The van der Waals surface area contributed by atoms with E-state index in [1.807, 2.05) is 31.2 Å². The fraction of sp³-hybridized carbons (Fsp3) is 0.174. The molecule has 5 nitrogen and oxygen atoms in total. The van der Waals surface area contributed by atoms with Gasteiger partial charge in [-0.25, -0.2) is 14.8 Å². The average Bonchev–Trinajstić information content (AvgIpc) is 2.72. The van der Waals surface area contributed by atoms with Gasteiger partial charge in [0.25, 0.3) is 0 Å². The lowest BCUT2D eigenvalue weighted by atomic mass is 10.0. The van der Waals surface area contributed by atoms with E-state index >= 15 is 0 Å². The van der Waals surface area contributed by atoms with Crippen LogP contribution in [-0.4, -0.2) is 26.8 Å².